The summed E-state index contributed by atoms with van der Waals surface area (Å²) >= 11 is 0. The van der Waals surface area contributed by atoms with Crippen molar-refractivity contribution in [3.63, 3.8) is 0 Å². The molecule has 0 spiro atoms. The molecule has 0 bridgehead atoms. The third kappa shape index (κ3) is 1.58. The minimum atomic E-state index is 0.927. The minimum Gasteiger partial charge on any atom is -0.377 e. The maximum atomic E-state index is 4.41. The molecular formula is C13H17N3. The second-order valence-corrected chi connectivity index (χ2v) is 4.11. The van der Waals surface area contributed by atoms with Crippen LogP contribution in [0.5, 0.6) is 0 Å². The van der Waals surface area contributed by atoms with Gasteiger partial charge in [-0.05, 0) is 18.1 Å². The maximum absolute atomic E-state index is 4.41. The van der Waals surface area contributed by atoms with Crippen LogP contribution in [-0.4, -0.2) is 24.1 Å². The molecular weight excluding hydrogens is 198 g/mol. The Morgan fingerprint density at radius 3 is 2.88 bits per heavy atom. The van der Waals surface area contributed by atoms with E-state index in [9.17, 15) is 0 Å². The predicted molar refractivity (Wildman–Crippen MR) is 69.7 cm³/mol. The topological polar surface area (TPSA) is 31.9 Å². The van der Waals surface area contributed by atoms with Crippen LogP contribution in [0.3, 0.4) is 0 Å². The number of H-pyrrole nitrogens is 1. The van der Waals surface area contributed by atoms with Crippen LogP contribution in [0.15, 0.2) is 25.0 Å². The number of pyridine rings is 1. The first-order valence-corrected chi connectivity index (χ1v) is 5.46. The second kappa shape index (κ2) is 4.00. The first-order chi connectivity index (χ1) is 7.65. The summed E-state index contributed by atoms with van der Waals surface area (Å²) in [6.07, 6.45) is 4.77. The van der Waals surface area contributed by atoms with Crippen LogP contribution in [0.4, 0.5) is 5.69 Å². The highest BCUT2D eigenvalue weighted by molar-refractivity contribution is 5.96. The third-order valence-corrected chi connectivity index (χ3v) is 2.81. The molecule has 0 aliphatic rings. The Kier molecular flexibility index (Phi) is 2.69. The number of hydrogen-bond donors (Lipinski definition) is 1. The van der Waals surface area contributed by atoms with Crippen LogP contribution in [0.1, 0.15) is 18.9 Å². The van der Waals surface area contributed by atoms with E-state index in [4.69, 9.17) is 0 Å². The van der Waals surface area contributed by atoms with Gasteiger partial charge in [-0.25, -0.2) is 4.98 Å². The molecule has 0 aliphatic carbocycles. The highest BCUT2D eigenvalue weighted by atomic mass is 15.1. The smallest absolute Gasteiger partial charge is 0.139 e. The zero-order valence-corrected chi connectivity index (χ0v) is 10.0. The first kappa shape index (κ1) is 10.7. The van der Waals surface area contributed by atoms with Gasteiger partial charge < -0.3 is 9.88 Å². The lowest BCUT2D eigenvalue weighted by molar-refractivity contribution is 1.12. The van der Waals surface area contributed by atoms with Crippen molar-refractivity contribution in [1.29, 1.82) is 0 Å². The van der Waals surface area contributed by atoms with E-state index in [0.29, 0.717) is 0 Å². The Hall–Kier alpha value is -1.77. The van der Waals surface area contributed by atoms with Gasteiger partial charge in [0.15, 0.2) is 0 Å². The molecule has 16 heavy (non-hydrogen) atoms. The average Bonchev–Trinajstić information content (AvgIpc) is 2.73. The van der Waals surface area contributed by atoms with E-state index < -0.39 is 0 Å². The van der Waals surface area contributed by atoms with Crippen LogP contribution >= 0.6 is 0 Å². The van der Waals surface area contributed by atoms with E-state index >= 15 is 0 Å². The summed E-state index contributed by atoms with van der Waals surface area (Å²) in [6.45, 7) is 6.21. The molecule has 0 atom stereocenters. The lowest BCUT2D eigenvalue weighted by atomic mass is 10.0. The van der Waals surface area contributed by atoms with Gasteiger partial charge in [-0.2, -0.15) is 0 Å². The molecule has 0 unspecified atom stereocenters. The van der Waals surface area contributed by atoms with E-state index in [2.05, 4.69) is 34.4 Å². The van der Waals surface area contributed by atoms with Crippen molar-refractivity contribution in [2.45, 2.75) is 13.3 Å². The molecule has 0 saturated heterocycles. The molecule has 0 fully saturated rings. The predicted octanol–water partition coefficient (Wildman–Crippen LogP) is 3.05. The fourth-order valence-corrected chi connectivity index (χ4v) is 1.92. The summed E-state index contributed by atoms with van der Waals surface area (Å²) in [5.74, 6) is 0. The first-order valence-electron chi connectivity index (χ1n) is 5.46. The second-order valence-electron chi connectivity index (χ2n) is 4.11. The van der Waals surface area contributed by atoms with Gasteiger partial charge >= 0.3 is 0 Å². The number of nitrogens with one attached hydrogen (secondary N) is 1. The highest BCUT2D eigenvalue weighted by Gasteiger charge is 2.12. The number of anilines is 1. The Bertz CT molecular complexity index is 523. The van der Waals surface area contributed by atoms with E-state index in [1.165, 1.54) is 5.69 Å². The molecule has 2 aromatic heterocycles. The number of fused-ring (bicyclic) bond motifs is 1. The number of hydrogen-bond acceptors (Lipinski definition) is 2. The van der Waals surface area contributed by atoms with Crippen LogP contribution < -0.4 is 4.90 Å². The number of rotatable bonds is 3. The third-order valence-electron chi connectivity index (χ3n) is 2.81. The molecule has 2 aromatic rings. The van der Waals surface area contributed by atoms with Crippen molar-refractivity contribution in [1.82, 2.24) is 9.97 Å². The van der Waals surface area contributed by atoms with Crippen molar-refractivity contribution in [3.8, 4) is 0 Å². The molecule has 3 nitrogen and oxygen atoms in total. The Balaban J connectivity index is 2.73. The van der Waals surface area contributed by atoms with Gasteiger partial charge in [-0.15, -0.1) is 0 Å². The number of nitrogens with zero attached hydrogens (tertiary/aromatic N) is 2. The summed E-state index contributed by atoms with van der Waals surface area (Å²) in [6, 6.07) is 2.06. The number of allylic oxidation sites excluding steroid dienone is 1. The van der Waals surface area contributed by atoms with Gasteiger partial charge in [0.1, 0.15) is 5.65 Å². The zero-order valence-electron chi connectivity index (χ0n) is 10.0. The van der Waals surface area contributed by atoms with Gasteiger partial charge in [0, 0.05) is 37.4 Å². The van der Waals surface area contributed by atoms with Crippen molar-refractivity contribution >= 4 is 22.3 Å². The molecule has 2 rings (SSSR count). The molecule has 0 amide bonds. The highest BCUT2D eigenvalue weighted by Crippen LogP contribution is 2.32. The lowest BCUT2D eigenvalue weighted by Crippen LogP contribution is -2.11. The normalized spacial score (nSPS) is 10.7. The van der Waals surface area contributed by atoms with Gasteiger partial charge in [-0.1, -0.05) is 13.5 Å². The van der Waals surface area contributed by atoms with E-state index in [1.54, 1.807) is 0 Å². The summed E-state index contributed by atoms with van der Waals surface area (Å²) in [7, 11) is 4.10. The lowest BCUT2D eigenvalue weighted by Gasteiger charge is -2.19. The fourth-order valence-electron chi connectivity index (χ4n) is 1.92. The Morgan fingerprint density at radius 1 is 1.50 bits per heavy atom. The molecule has 84 valence electrons. The monoisotopic (exact) mass is 215 g/mol. The summed E-state index contributed by atoms with van der Waals surface area (Å²) in [5, 5.41) is 1.15. The molecule has 0 aliphatic heterocycles. The minimum absolute atomic E-state index is 0.927. The van der Waals surface area contributed by atoms with E-state index in [0.717, 1.165) is 28.6 Å². The van der Waals surface area contributed by atoms with Gasteiger partial charge in [0.2, 0.25) is 0 Å². The van der Waals surface area contributed by atoms with Crippen LogP contribution in [0.2, 0.25) is 0 Å². The van der Waals surface area contributed by atoms with Crippen LogP contribution in [-0.2, 0) is 0 Å². The van der Waals surface area contributed by atoms with E-state index in [-0.39, 0.29) is 0 Å². The largest absolute Gasteiger partial charge is 0.377 e. The molecule has 1 N–H and O–H groups in total. The summed E-state index contributed by atoms with van der Waals surface area (Å²) < 4.78 is 0. The fraction of sp³-hybridized carbons (Fsp3) is 0.308. The summed E-state index contributed by atoms with van der Waals surface area (Å²) in [4.78, 5) is 9.66. The Morgan fingerprint density at radius 2 is 2.25 bits per heavy atom. The van der Waals surface area contributed by atoms with Crippen molar-refractivity contribution in [3.05, 3.63) is 30.6 Å². The number of aromatic amines is 1. The quantitative estimate of drug-likeness (QED) is 0.853. The zero-order chi connectivity index (χ0) is 11.7. The SMILES string of the molecule is C=C(CC)c1cnc2[nH]ccc2c1N(C)C. The standard InChI is InChI=1S/C13H17N3/c1-5-9(2)11-8-15-13-10(6-7-14-13)12(11)16(3)4/h6-8H,2,5H2,1,3-4H3,(H,14,15). The van der Waals surface area contributed by atoms with Crippen molar-refractivity contribution < 1.29 is 0 Å². The van der Waals surface area contributed by atoms with Crippen molar-refractivity contribution in [2.75, 3.05) is 19.0 Å². The maximum Gasteiger partial charge on any atom is 0.139 e. The van der Waals surface area contributed by atoms with Gasteiger partial charge in [0.25, 0.3) is 0 Å². The summed E-state index contributed by atoms with van der Waals surface area (Å²) in [5.41, 5.74) is 4.38. The average molecular weight is 215 g/mol. The van der Waals surface area contributed by atoms with Gasteiger partial charge in [-0.3, -0.25) is 0 Å². The molecule has 3 heteroatoms. The van der Waals surface area contributed by atoms with Crippen LogP contribution in [0, 0.1) is 0 Å². The Labute approximate surface area is 95.8 Å². The van der Waals surface area contributed by atoms with Crippen molar-refractivity contribution in [2.24, 2.45) is 0 Å². The van der Waals surface area contributed by atoms with E-state index in [1.807, 2.05) is 26.5 Å². The molecule has 2 heterocycles. The molecule has 0 saturated carbocycles. The molecule has 0 aromatic carbocycles. The number of aromatic nitrogens is 2. The molecule has 0 radical (unpaired) electrons. The van der Waals surface area contributed by atoms with Gasteiger partial charge in [0.05, 0.1) is 5.69 Å². The van der Waals surface area contributed by atoms with Crippen LogP contribution in [0.25, 0.3) is 16.6 Å².